The number of nitrogens with zero attached hydrogens (tertiary/aromatic N) is 2. The third kappa shape index (κ3) is 2.61. The van der Waals surface area contributed by atoms with Gasteiger partial charge >= 0.3 is 0 Å². The lowest BCUT2D eigenvalue weighted by atomic mass is 9.76. The Bertz CT molecular complexity index is 568. The number of hydrogen-bond donors (Lipinski definition) is 1. The lowest BCUT2D eigenvalue weighted by Crippen LogP contribution is -2.34. The van der Waals surface area contributed by atoms with Crippen LogP contribution in [0.4, 0.5) is 5.69 Å². The van der Waals surface area contributed by atoms with Gasteiger partial charge in [0.1, 0.15) is 0 Å². The molecule has 0 radical (unpaired) electrons. The van der Waals surface area contributed by atoms with E-state index in [1.54, 1.807) is 0 Å². The highest BCUT2D eigenvalue weighted by atomic mass is 35.5. The van der Waals surface area contributed by atoms with Gasteiger partial charge in [0.25, 0.3) is 0 Å². The number of halogens is 1. The predicted octanol–water partition coefficient (Wildman–Crippen LogP) is 3.74. The second-order valence-electron chi connectivity index (χ2n) is 5.36. The van der Waals surface area contributed by atoms with Gasteiger partial charge in [0.2, 0.25) is 0 Å². The first-order chi connectivity index (χ1) is 9.11. The highest BCUT2D eigenvalue weighted by Crippen LogP contribution is 2.39. The van der Waals surface area contributed by atoms with Crippen LogP contribution in [0.2, 0.25) is 5.02 Å². The lowest BCUT2D eigenvalue weighted by molar-refractivity contribution is 0.374. The summed E-state index contributed by atoms with van der Waals surface area (Å²) in [7, 11) is 1.95. The van der Waals surface area contributed by atoms with Crippen LogP contribution in [0.5, 0.6) is 0 Å². The van der Waals surface area contributed by atoms with Crippen molar-refractivity contribution in [2.24, 2.45) is 7.05 Å². The van der Waals surface area contributed by atoms with Gasteiger partial charge in [-0.25, -0.2) is 0 Å². The predicted molar refractivity (Wildman–Crippen MR) is 78.8 cm³/mol. The summed E-state index contributed by atoms with van der Waals surface area (Å²) in [6, 6.07) is 8.78. The standard InChI is InChI=1S/C15H18ClN3/c1-10-15(9-19(2)18-10)17-14-7-12(8-14)11-3-5-13(16)6-4-11/h3-6,9,12,14,17H,7-8H2,1-2H3. The van der Waals surface area contributed by atoms with Crippen LogP contribution in [0.25, 0.3) is 0 Å². The number of benzene rings is 1. The molecule has 1 aromatic heterocycles. The molecule has 1 aromatic carbocycles. The van der Waals surface area contributed by atoms with E-state index in [4.69, 9.17) is 11.6 Å². The van der Waals surface area contributed by atoms with Crippen LogP contribution < -0.4 is 5.32 Å². The molecule has 0 aliphatic heterocycles. The largest absolute Gasteiger partial charge is 0.380 e. The Hall–Kier alpha value is -1.48. The fourth-order valence-corrected chi connectivity index (χ4v) is 2.83. The highest BCUT2D eigenvalue weighted by Gasteiger charge is 2.30. The monoisotopic (exact) mass is 275 g/mol. The zero-order chi connectivity index (χ0) is 13.4. The van der Waals surface area contributed by atoms with Crippen LogP contribution in [0.15, 0.2) is 30.5 Å². The molecular formula is C15H18ClN3. The minimum Gasteiger partial charge on any atom is -0.380 e. The average molecular weight is 276 g/mol. The van der Waals surface area contributed by atoms with E-state index < -0.39 is 0 Å². The van der Waals surface area contributed by atoms with Gasteiger partial charge in [-0.3, -0.25) is 4.68 Å². The van der Waals surface area contributed by atoms with Crippen molar-refractivity contribution in [3.8, 4) is 0 Å². The Morgan fingerprint density at radius 1 is 1.26 bits per heavy atom. The van der Waals surface area contributed by atoms with Crippen LogP contribution >= 0.6 is 11.6 Å². The van der Waals surface area contributed by atoms with E-state index in [-0.39, 0.29) is 0 Å². The first-order valence-corrected chi connectivity index (χ1v) is 7.02. The smallest absolute Gasteiger partial charge is 0.0825 e. The molecule has 0 spiro atoms. The molecule has 1 heterocycles. The number of aryl methyl sites for hydroxylation is 2. The van der Waals surface area contributed by atoms with Crippen molar-refractivity contribution in [3.05, 3.63) is 46.7 Å². The van der Waals surface area contributed by atoms with E-state index in [1.165, 1.54) is 18.4 Å². The Morgan fingerprint density at radius 3 is 2.53 bits per heavy atom. The minimum absolute atomic E-state index is 0.559. The maximum atomic E-state index is 5.91. The van der Waals surface area contributed by atoms with Crippen molar-refractivity contribution < 1.29 is 0 Å². The summed E-state index contributed by atoms with van der Waals surface area (Å²) in [4.78, 5) is 0. The molecule has 0 amide bonds. The molecule has 100 valence electrons. The van der Waals surface area contributed by atoms with E-state index in [2.05, 4.69) is 22.5 Å². The summed E-state index contributed by atoms with van der Waals surface area (Å²) in [6.07, 6.45) is 4.40. The number of rotatable bonds is 3. The van der Waals surface area contributed by atoms with E-state index in [0.29, 0.717) is 12.0 Å². The fourth-order valence-electron chi connectivity index (χ4n) is 2.70. The molecular weight excluding hydrogens is 258 g/mol. The number of hydrogen-bond acceptors (Lipinski definition) is 2. The fraction of sp³-hybridized carbons (Fsp3) is 0.400. The van der Waals surface area contributed by atoms with Crippen molar-refractivity contribution in [1.82, 2.24) is 9.78 Å². The first kappa shape index (κ1) is 12.5. The van der Waals surface area contributed by atoms with Crippen LogP contribution in [0, 0.1) is 6.92 Å². The molecule has 1 aliphatic carbocycles. The number of anilines is 1. The Balaban J connectivity index is 1.58. The van der Waals surface area contributed by atoms with Crippen molar-refractivity contribution in [1.29, 1.82) is 0 Å². The summed E-state index contributed by atoms with van der Waals surface area (Å²) >= 11 is 5.91. The van der Waals surface area contributed by atoms with Crippen LogP contribution in [-0.2, 0) is 7.05 Å². The van der Waals surface area contributed by atoms with Crippen LogP contribution in [0.1, 0.15) is 30.0 Å². The molecule has 0 bridgehead atoms. The van der Waals surface area contributed by atoms with Gasteiger partial charge in [0.15, 0.2) is 0 Å². The SMILES string of the molecule is Cc1nn(C)cc1NC1CC(c2ccc(Cl)cc2)C1. The molecule has 3 nitrogen and oxygen atoms in total. The quantitative estimate of drug-likeness (QED) is 0.925. The molecule has 3 rings (SSSR count). The van der Waals surface area contributed by atoms with Gasteiger partial charge in [0, 0.05) is 24.3 Å². The van der Waals surface area contributed by atoms with Crippen LogP contribution in [0.3, 0.4) is 0 Å². The third-order valence-electron chi connectivity index (χ3n) is 3.85. The summed E-state index contributed by atoms with van der Waals surface area (Å²) in [5.41, 5.74) is 3.62. The molecule has 0 atom stereocenters. The van der Waals surface area contributed by atoms with E-state index in [1.807, 2.05) is 37.0 Å². The second kappa shape index (κ2) is 4.89. The van der Waals surface area contributed by atoms with Crippen molar-refractivity contribution in [2.45, 2.75) is 31.7 Å². The zero-order valence-electron chi connectivity index (χ0n) is 11.2. The topological polar surface area (TPSA) is 29.9 Å². The van der Waals surface area contributed by atoms with Gasteiger partial charge in [-0.15, -0.1) is 0 Å². The van der Waals surface area contributed by atoms with Gasteiger partial charge in [-0.2, -0.15) is 5.10 Å². The Kier molecular flexibility index (Phi) is 3.23. The second-order valence-corrected chi connectivity index (χ2v) is 5.80. The Morgan fingerprint density at radius 2 is 1.95 bits per heavy atom. The van der Waals surface area contributed by atoms with Gasteiger partial charge < -0.3 is 5.32 Å². The van der Waals surface area contributed by atoms with E-state index in [0.717, 1.165) is 16.4 Å². The molecule has 1 aliphatic rings. The maximum absolute atomic E-state index is 5.91. The third-order valence-corrected chi connectivity index (χ3v) is 4.10. The molecule has 4 heteroatoms. The summed E-state index contributed by atoms with van der Waals surface area (Å²) in [5.74, 6) is 0.659. The molecule has 19 heavy (non-hydrogen) atoms. The van der Waals surface area contributed by atoms with Crippen molar-refractivity contribution >= 4 is 17.3 Å². The molecule has 0 unspecified atom stereocenters. The highest BCUT2D eigenvalue weighted by molar-refractivity contribution is 6.30. The van der Waals surface area contributed by atoms with Gasteiger partial charge in [0.05, 0.1) is 11.4 Å². The van der Waals surface area contributed by atoms with Crippen molar-refractivity contribution in [3.63, 3.8) is 0 Å². The molecule has 1 N–H and O–H groups in total. The summed E-state index contributed by atoms with van der Waals surface area (Å²) < 4.78 is 1.85. The maximum Gasteiger partial charge on any atom is 0.0825 e. The Labute approximate surface area is 118 Å². The molecule has 1 fully saturated rings. The summed E-state index contributed by atoms with van der Waals surface area (Å²) in [5, 5.41) is 8.73. The molecule has 2 aromatic rings. The lowest BCUT2D eigenvalue weighted by Gasteiger charge is -2.36. The normalized spacial score (nSPS) is 22.1. The van der Waals surface area contributed by atoms with E-state index in [9.17, 15) is 0 Å². The number of aromatic nitrogens is 2. The van der Waals surface area contributed by atoms with Gasteiger partial charge in [-0.05, 0) is 43.4 Å². The minimum atomic E-state index is 0.559. The van der Waals surface area contributed by atoms with Crippen LogP contribution in [-0.4, -0.2) is 15.8 Å². The summed E-state index contributed by atoms with van der Waals surface area (Å²) in [6.45, 7) is 2.04. The van der Waals surface area contributed by atoms with E-state index >= 15 is 0 Å². The van der Waals surface area contributed by atoms with Crippen molar-refractivity contribution in [2.75, 3.05) is 5.32 Å². The molecule has 1 saturated carbocycles. The number of nitrogens with one attached hydrogen (secondary N) is 1. The zero-order valence-corrected chi connectivity index (χ0v) is 12.0. The first-order valence-electron chi connectivity index (χ1n) is 6.64. The van der Waals surface area contributed by atoms with Gasteiger partial charge in [-0.1, -0.05) is 23.7 Å². The molecule has 0 saturated heterocycles. The average Bonchev–Trinajstić information content (AvgIpc) is 2.63.